The molecule has 0 spiro atoms. The number of carboxylic acid groups (broad SMARTS) is 1. The van der Waals surface area contributed by atoms with Crippen LogP contribution in [0.25, 0.3) is 0 Å². The van der Waals surface area contributed by atoms with Gasteiger partial charge in [-0.2, -0.15) is 0 Å². The fourth-order valence-electron chi connectivity index (χ4n) is 2.19. The Kier molecular flexibility index (Phi) is 3.34. The third kappa shape index (κ3) is 2.48. The van der Waals surface area contributed by atoms with Gasteiger partial charge in [-0.3, -0.25) is 10.1 Å². The van der Waals surface area contributed by atoms with Gasteiger partial charge in [0.15, 0.2) is 0 Å². The lowest BCUT2D eigenvalue weighted by atomic mass is 10.2. The van der Waals surface area contributed by atoms with Gasteiger partial charge in [-0.25, -0.2) is 9.78 Å². The molecule has 19 heavy (non-hydrogen) atoms. The molecule has 8 nitrogen and oxygen atoms in total. The summed E-state index contributed by atoms with van der Waals surface area (Å²) in [7, 11) is 0. The average molecular weight is 267 g/mol. The van der Waals surface area contributed by atoms with Gasteiger partial charge in [-0.15, -0.1) is 0 Å². The molecular weight excluding hydrogens is 254 g/mol. The van der Waals surface area contributed by atoms with Crippen LogP contribution < -0.4 is 4.90 Å². The first-order valence-electron chi connectivity index (χ1n) is 5.69. The Labute approximate surface area is 108 Å². The number of aliphatic hydroxyl groups is 1. The average Bonchev–Trinajstić information content (AvgIpc) is 2.70. The van der Waals surface area contributed by atoms with E-state index >= 15 is 0 Å². The molecular formula is C11H13N3O5. The number of β-amino-alcohol motifs (C(OH)–C–C–N with tert-alkyl or cyclic N) is 1. The van der Waals surface area contributed by atoms with Gasteiger partial charge in [0.2, 0.25) is 0 Å². The highest BCUT2D eigenvalue weighted by atomic mass is 16.6. The van der Waals surface area contributed by atoms with Gasteiger partial charge in [0.05, 0.1) is 11.0 Å². The van der Waals surface area contributed by atoms with Crippen LogP contribution in [0.15, 0.2) is 12.1 Å². The molecule has 0 aliphatic carbocycles. The molecule has 2 rings (SSSR count). The number of hydrogen-bond acceptors (Lipinski definition) is 6. The van der Waals surface area contributed by atoms with Gasteiger partial charge in [0.25, 0.3) is 5.69 Å². The quantitative estimate of drug-likeness (QED) is 0.598. The Morgan fingerprint density at radius 1 is 1.58 bits per heavy atom. The molecule has 1 aromatic rings. The second-order valence-corrected chi connectivity index (χ2v) is 4.43. The minimum absolute atomic E-state index is 0.115. The SMILES string of the molecule is Cc1nc(N2CC(O)CC2C(=O)O)ccc1[N+](=O)[O-]. The first kappa shape index (κ1) is 13.2. The topological polar surface area (TPSA) is 117 Å². The molecule has 102 valence electrons. The van der Waals surface area contributed by atoms with E-state index < -0.39 is 23.0 Å². The van der Waals surface area contributed by atoms with Crippen LogP contribution in [0.2, 0.25) is 0 Å². The van der Waals surface area contributed by atoms with Crippen LogP contribution in [-0.2, 0) is 4.79 Å². The second-order valence-electron chi connectivity index (χ2n) is 4.43. The summed E-state index contributed by atoms with van der Waals surface area (Å²) in [5.74, 6) is -0.721. The fourth-order valence-corrected chi connectivity index (χ4v) is 2.19. The number of anilines is 1. The number of aromatic nitrogens is 1. The van der Waals surface area contributed by atoms with Crippen molar-refractivity contribution in [3.63, 3.8) is 0 Å². The molecule has 1 aliphatic rings. The molecule has 1 saturated heterocycles. The minimum atomic E-state index is -1.05. The number of hydrogen-bond donors (Lipinski definition) is 2. The molecule has 8 heteroatoms. The first-order valence-corrected chi connectivity index (χ1v) is 5.69. The van der Waals surface area contributed by atoms with E-state index in [0.717, 1.165) is 0 Å². The molecule has 2 N–H and O–H groups in total. The van der Waals surface area contributed by atoms with Crippen molar-refractivity contribution in [2.75, 3.05) is 11.4 Å². The van der Waals surface area contributed by atoms with E-state index in [-0.39, 0.29) is 24.3 Å². The van der Waals surface area contributed by atoms with Crippen molar-refractivity contribution in [1.82, 2.24) is 4.98 Å². The van der Waals surface area contributed by atoms with Gasteiger partial charge in [-0.1, -0.05) is 0 Å². The molecule has 0 amide bonds. The van der Waals surface area contributed by atoms with Crippen LogP contribution in [-0.4, -0.2) is 44.8 Å². The zero-order chi connectivity index (χ0) is 14.2. The number of nitro groups is 1. The van der Waals surface area contributed by atoms with Gasteiger partial charge >= 0.3 is 5.97 Å². The maximum absolute atomic E-state index is 11.1. The third-order valence-corrected chi connectivity index (χ3v) is 3.10. The van der Waals surface area contributed by atoms with Crippen LogP contribution in [0.3, 0.4) is 0 Å². The molecule has 2 atom stereocenters. The molecule has 0 saturated carbocycles. The molecule has 1 aliphatic heterocycles. The van der Waals surface area contributed by atoms with E-state index in [1.165, 1.54) is 24.0 Å². The lowest BCUT2D eigenvalue weighted by molar-refractivity contribution is -0.385. The van der Waals surface area contributed by atoms with Crippen molar-refractivity contribution in [2.45, 2.75) is 25.5 Å². The summed E-state index contributed by atoms with van der Waals surface area (Å²) < 4.78 is 0. The predicted octanol–water partition coefficient (Wildman–Crippen LogP) is 0.322. The zero-order valence-corrected chi connectivity index (χ0v) is 10.2. The highest BCUT2D eigenvalue weighted by molar-refractivity contribution is 5.78. The number of aliphatic carboxylic acids is 1. The van der Waals surface area contributed by atoms with E-state index in [9.17, 15) is 20.0 Å². The Balaban J connectivity index is 2.34. The number of aliphatic hydroxyl groups excluding tert-OH is 1. The standard InChI is InChI=1S/C11H13N3O5/c1-6-8(14(18)19)2-3-10(12-6)13-5-7(15)4-9(13)11(16)17/h2-3,7,9,15H,4-5H2,1H3,(H,16,17). The number of nitrogens with zero attached hydrogens (tertiary/aromatic N) is 3. The van der Waals surface area contributed by atoms with Crippen LogP contribution in [0.4, 0.5) is 11.5 Å². The van der Waals surface area contributed by atoms with E-state index in [4.69, 9.17) is 5.11 Å². The number of carboxylic acids is 1. The van der Waals surface area contributed by atoms with E-state index in [0.29, 0.717) is 5.82 Å². The molecule has 1 fully saturated rings. The summed E-state index contributed by atoms with van der Waals surface area (Å²) >= 11 is 0. The normalized spacial score (nSPS) is 22.5. The van der Waals surface area contributed by atoms with Gasteiger partial charge < -0.3 is 15.1 Å². The Morgan fingerprint density at radius 2 is 2.26 bits per heavy atom. The van der Waals surface area contributed by atoms with Crippen LogP contribution >= 0.6 is 0 Å². The van der Waals surface area contributed by atoms with Gasteiger partial charge in [0.1, 0.15) is 17.6 Å². The summed E-state index contributed by atoms with van der Waals surface area (Å²) in [6, 6.07) is 1.84. The number of aryl methyl sites for hydroxylation is 1. The highest BCUT2D eigenvalue weighted by Gasteiger charge is 2.37. The summed E-state index contributed by atoms with van der Waals surface area (Å²) in [4.78, 5) is 26.8. The summed E-state index contributed by atoms with van der Waals surface area (Å²) in [6.07, 6.45) is -0.619. The Morgan fingerprint density at radius 3 is 2.79 bits per heavy atom. The highest BCUT2D eigenvalue weighted by Crippen LogP contribution is 2.27. The summed E-state index contributed by atoms with van der Waals surface area (Å²) in [5.41, 5.74) is 0.100. The van der Waals surface area contributed by atoms with Crippen molar-refractivity contribution in [2.24, 2.45) is 0 Å². The molecule has 1 aromatic heterocycles. The predicted molar refractivity (Wildman–Crippen MR) is 65.0 cm³/mol. The Bertz CT molecular complexity index is 533. The van der Waals surface area contributed by atoms with Crippen molar-refractivity contribution in [1.29, 1.82) is 0 Å². The lowest BCUT2D eigenvalue weighted by Crippen LogP contribution is -2.36. The number of carbonyl (C=O) groups is 1. The van der Waals surface area contributed by atoms with Crippen molar-refractivity contribution >= 4 is 17.5 Å². The summed E-state index contributed by atoms with van der Waals surface area (Å²) in [5, 5.41) is 29.3. The van der Waals surface area contributed by atoms with Crippen LogP contribution in [0.1, 0.15) is 12.1 Å². The fraction of sp³-hybridized carbons (Fsp3) is 0.455. The third-order valence-electron chi connectivity index (χ3n) is 3.10. The van der Waals surface area contributed by atoms with E-state index in [1.807, 2.05) is 0 Å². The van der Waals surface area contributed by atoms with Crippen molar-refractivity contribution in [3.05, 3.63) is 27.9 Å². The van der Waals surface area contributed by atoms with Crippen LogP contribution in [0.5, 0.6) is 0 Å². The maximum atomic E-state index is 11.1. The maximum Gasteiger partial charge on any atom is 0.326 e. The number of pyridine rings is 1. The van der Waals surface area contributed by atoms with Gasteiger partial charge in [-0.05, 0) is 13.0 Å². The molecule has 0 bridgehead atoms. The van der Waals surface area contributed by atoms with Gasteiger partial charge in [0, 0.05) is 19.0 Å². The minimum Gasteiger partial charge on any atom is -0.480 e. The van der Waals surface area contributed by atoms with E-state index in [1.54, 1.807) is 0 Å². The molecule has 0 aromatic carbocycles. The molecule has 0 radical (unpaired) electrons. The van der Waals surface area contributed by atoms with Crippen LogP contribution in [0, 0.1) is 17.0 Å². The molecule has 2 unspecified atom stereocenters. The second kappa shape index (κ2) is 4.81. The molecule has 2 heterocycles. The number of rotatable bonds is 3. The Hall–Kier alpha value is -2.22. The first-order chi connectivity index (χ1) is 8.90. The summed E-state index contributed by atoms with van der Waals surface area (Å²) in [6.45, 7) is 1.64. The van der Waals surface area contributed by atoms with Crippen molar-refractivity contribution in [3.8, 4) is 0 Å². The smallest absolute Gasteiger partial charge is 0.326 e. The zero-order valence-electron chi connectivity index (χ0n) is 10.2. The van der Waals surface area contributed by atoms with Crippen molar-refractivity contribution < 1.29 is 19.9 Å². The lowest BCUT2D eigenvalue weighted by Gasteiger charge is -2.22. The monoisotopic (exact) mass is 267 g/mol. The largest absolute Gasteiger partial charge is 0.480 e. The van der Waals surface area contributed by atoms with E-state index in [2.05, 4.69) is 4.98 Å².